The third kappa shape index (κ3) is 12.9. The SMILES string of the molecule is CC.O=C(NC(=S)Nc1cccc(OCc2ccccc2)c1)c1ccc2nccnc2c1.O=C(NC(=S)Nc1cccc(Oc2ccccc2)c1)c1ccc2nccnc2c1.[HH].[HH].[HH].[HH]. The fourth-order valence-corrected chi connectivity index (χ4v) is 5.97. The van der Waals surface area contributed by atoms with Crippen LogP contribution in [0.25, 0.3) is 22.1 Å². The molecule has 2 aromatic heterocycles. The zero-order valence-corrected chi connectivity index (χ0v) is 34.7. The Kier molecular flexibility index (Phi) is 15.4. The summed E-state index contributed by atoms with van der Waals surface area (Å²) in [5, 5.41) is 11.7. The molecule has 0 radical (unpaired) electrons. The summed E-state index contributed by atoms with van der Waals surface area (Å²) in [6, 6.07) is 44.3. The van der Waals surface area contributed by atoms with E-state index in [4.69, 9.17) is 33.9 Å². The Labute approximate surface area is 369 Å². The van der Waals surface area contributed by atoms with Gasteiger partial charge in [-0.25, -0.2) is 0 Å². The first-order valence-electron chi connectivity index (χ1n) is 19.1. The molecule has 0 aliphatic carbocycles. The number of amides is 2. The van der Waals surface area contributed by atoms with Crippen LogP contribution in [0.15, 0.2) is 170 Å². The van der Waals surface area contributed by atoms with Crippen LogP contribution in [0.3, 0.4) is 0 Å². The van der Waals surface area contributed by atoms with Crippen LogP contribution in [-0.4, -0.2) is 42.0 Å². The van der Waals surface area contributed by atoms with Gasteiger partial charge in [0, 0.05) is 65.1 Å². The average molecular weight is 853 g/mol. The Morgan fingerprint density at radius 2 is 0.951 bits per heavy atom. The van der Waals surface area contributed by atoms with Gasteiger partial charge in [-0.15, -0.1) is 0 Å². The van der Waals surface area contributed by atoms with Crippen molar-refractivity contribution in [3.63, 3.8) is 0 Å². The Balaban J connectivity index is 0.000000406. The van der Waals surface area contributed by atoms with Crippen LogP contribution in [0.5, 0.6) is 17.2 Å². The molecule has 12 nitrogen and oxygen atoms in total. The summed E-state index contributed by atoms with van der Waals surface area (Å²) in [7, 11) is 0. The van der Waals surface area contributed by atoms with Crippen LogP contribution in [0.4, 0.5) is 11.4 Å². The predicted molar refractivity (Wildman–Crippen MR) is 256 cm³/mol. The van der Waals surface area contributed by atoms with Gasteiger partial charge in [-0.3, -0.25) is 40.2 Å². The topological polar surface area (TPSA) is 152 Å². The zero-order chi connectivity index (χ0) is 42.8. The number of aromatic nitrogens is 4. The molecule has 8 rings (SSSR count). The summed E-state index contributed by atoms with van der Waals surface area (Å²) in [6.07, 6.45) is 6.39. The highest BCUT2D eigenvalue weighted by atomic mass is 32.1. The molecule has 0 saturated carbocycles. The number of anilines is 2. The lowest BCUT2D eigenvalue weighted by Gasteiger charge is -2.12. The van der Waals surface area contributed by atoms with Crippen molar-refractivity contribution in [3.8, 4) is 17.2 Å². The Hall–Kier alpha value is -7.68. The zero-order valence-electron chi connectivity index (χ0n) is 33.1. The molecular formula is C47H48N8O4S2. The van der Waals surface area contributed by atoms with Crippen LogP contribution in [0.2, 0.25) is 0 Å². The molecule has 0 unspecified atom stereocenters. The molecule has 0 bridgehead atoms. The van der Waals surface area contributed by atoms with Gasteiger partial charge >= 0.3 is 0 Å². The molecule has 312 valence electrons. The van der Waals surface area contributed by atoms with Gasteiger partial charge in [0.25, 0.3) is 11.8 Å². The van der Waals surface area contributed by atoms with E-state index in [1.165, 1.54) is 0 Å². The van der Waals surface area contributed by atoms with E-state index in [2.05, 4.69) is 41.2 Å². The number of fused-ring (bicyclic) bond motifs is 2. The summed E-state index contributed by atoms with van der Waals surface area (Å²) in [5.41, 5.74) is 6.14. The monoisotopic (exact) mass is 852 g/mol. The largest absolute Gasteiger partial charge is 0.489 e. The van der Waals surface area contributed by atoms with Crippen molar-refractivity contribution in [2.75, 3.05) is 10.6 Å². The Morgan fingerprint density at radius 3 is 1.48 bits per heavy atom. The van der Waals surface area contributed by atoms with Crippen LogP contribution in [0, 0.1) is 0 Å². The van der Waals surface area contributed by atoms with E-state index in [9.17, 15) is 9.59 Å². The Bertz CT molecular complexity index is 2780. The lowest BCUT2D eigenvalue weighted by atomic mass is 10.2. The van der Waals surface area contributed by atoms with E-state index in [1.54, 1.807) is 67.3 Å². The quantitative estimate of drug-likeness (QED) is 0.102. The van der Waals surface area contributed by atoms with Gasteiger partial charge in [-0.05, 0) is 103 Å². The van der Waals surface area contributed by atoms with Gasteiger partial charge in [0.15, 0.2) is 10.2 Å². The number of hydrogen-bond acceptors (Lipinski definition) is 10. The van der Waals surface area contributed by atoms with Gasteiger partial charge in [0.2, 0.25) is 0 Å². The number of hydrogen-bond donors (Lipinski definition) is 4. The molecule has 0 spiro atoms. The minimum Gasteiger partial charge on any atom is -0.489 e. The number of carbonyl (C=O) groups excluding carboxylic acids is 2. The molecule has 2 amide bonds. The van der Waals surface area contributed by atoms with E-state index >= 15 is 0 Å². The molecule has 6 aromatic carbocycles. The number of nitrogens with zero attached hydrogens (tertiary/aromatic N) is 4. The minimum atomic E-state index is -0.327. The van der Waals surface area contributed by atoms with E-state index < -0.39 is 0 Å². The number of benzene rings is 6. The number of ether oxygens (including phenoxy) is 2. The average Bonchev–Trinajstić information content (AvgIpc) is 3.29. The highest BCUT2D eigenvalue weighted by Gasteiger charge is 2.12. The van der Waals surface area contributed by atoms with Crippen LogP contribution < -0.4 is 30.7 Å². The molecule has 14 heteroatoms. The van der Waals surface area contributed by atoms with E-state index in [0.29, 0.717) is 46.0 Å². The maximum atomic E-state index is 12.5. The third-order valence-electron chi connectivity index (χ3n) is 8.33. The van der Waals surface area contributed by atoms with Gasteiger partial charge in [0.1, 0.15) is 23.9 Å². The van der Waals surface area contributed by atoms with E-state index in [0.717, 1.165) is 28.0 Å². The fraction of sp³-hybridized carbons (Fsp3) is 0.0638. The highest BCUT2D eigenvalue weighted by molar-refractivity contribution is 7.80. The molecule has 61 heavy (non-hydrogen) atoms. The number of rotatable bonds is 9. The first-order valence-corrected chi connectivity index (χ1v) is 19.9. The molecule has 0 fully saturated rings. The number of para-hydroxylation sites is 1. The normalized spacial score (nSPS) is 10.1. The Morgan fingerprint density at radius 1 is 0.508 bits per heavy atom. The van der Waals surface area contributed by atoms with Crippen molar-refractivity contribution in [3.05, 3.63) is 187 Å². The van der Waals surface area contributed by atoms with Crippen LogP contribution in [-0.2, 0) is 6.61 Å². The smallest absolute Gasteiger partial charge is 0.257 e. The van der Waals surface area contributed by atoms with Gasteiger partial charge in [-0.1, -0.05) is 74.5 Å². The van der Waals surface area contributed by atoms with Crippen molar-refractivity contribution < 1.29 is 24.8 Å². The van der Waals surface area contributed by atoms with Gasteiger partial charge < -0.3 is 20.1 Å². The number of carbonyl (C=O) groups is 2. The fourth-order valence-electron chi connectivity index (χ4n) is 5.55. The maximum absolute atomic E-state index is 12.5. The highest BCUT2D eigenvalue weighted by Crippen LogP contribution is 2.24. The lowest BCUT2D eigenvalue weighted by molar-refractivity contribution is 0.0969. The molecular weight excluding hydrogens is 805 g/mol. The van der Waals surface area contributed by atoms with Crippen LogP contribution >= 0.6 is 24.4 Å². The summed E-state index contributed by atoms with van der Waals surface area (Å²) < 4.78 is 11.6. The van der Waals surface area contributed by atoms with Crippen molar-refractivity contribution >= 4 is 79.9 Å². The van der Waals surface area contributed by atoms with Gasteiger partial charge in [-0.2, -0.15) is 0 Å². The van der Waals surface area contributed by atoms with Crippen molar-refractivity contribution in [1.82, 2.24) is 30.6 Å². The van der Waals surface area contributed by atoms with E-state index in [-0.39, 0.29) is 27.7 Å². The molecule has 0 saturated heterocycles. The van der Waals surface area contributed by atoms with E-state index in [1.807, 2.05) is 117 Å². The maximum Gasteiger partial charge on any atom is 0.257 e. The van der Waals surface area contributed by atoms with Crippen molar-refractivity contribution in [2.45, 2.75) is 20.5 Å². The van der Waals surface area contributed by atoms with Crippen LogP contribution in [0.1, 0.15) is 45.8 Å². The van der Waals surface area contributed by atoms with Crippen molar-refractivity contribution in [1.29, 1.82) is 0 Å². The molecule has 0 aliphatic rings. The second-order valence-electron chi connectivity index (χ2n) is 12.6. The summed E-state index contributed by atoms with van der Waals surface area (Å²) in [6.45, 7) is 4.47. The second kappa shape index (κ2) is 21.9. The second-order valence-corrected chi connectivity index (χ2v) is 13.4. The number of nitrogens with one attached hydrogen (secondary N) is 4. The predicted octanol–water partition coefficient (Wildman–Crippen LogP) is 10.9. The molecule has 0 atom stereocenters. The first-order chi connectivity index (χ1) is 29.8. The van der Waals surface area contributed by atoms with Gasteiger partial charge in [0.05, 0.1) is 22.1 Å². The first kappa shape index (κ1) is 42.9. The molecule has 0 aliphatic heterocycles. The number of thiocarbonyl (C=S) groups is 2. The molecule has 2 heterocycles. The minimum absolute atomic E-state index is 0. The summed E-state index contributed by atoms with van der Waals surface area (Å²) in [4.78, 5) is 41.8. The molecule has 8 aromatic rings. The summed E-state index contributed by atoms with van der Waals surface area (Å²) >= 11 is 10.6. The summed E-state index contributed by atoms with van der Waals surface area (Å²) in [5.74, 6) is 1.44. The third-order valence-corrected chi connectivity index (χ3v) is 8.74. The van der Waals surface area contributed by atoms with Crippen molar-refractivity contribution in [2.24, 2.45) is 0 Å². The standard InChI is InChI=1S/C23H18N4O2S.C22H16N4O2S.C2H6.4H2/c28-22(17-9-10-20-21(13-17)25-12-11-24-20)27-23(30)26-18-7-4-8-19(14-18)29-15-16-5-2-1-3-6-16;27-21(15-9-10-19-20(13-15)24-12-11-23-19)26-22(29)25-16-5-4-8-18(14-16)28-17-6-2-1-3-7-17;1-2;;;;/h1-14H,15H2,(H2,26,27,28,30);1-14H,(H2,25,26,27,29);1-2H3;4*1H. The lowest BCUT2D eigenvalue weighted by Crippen LogP contribution is -2.34. The molecule has 4 N–H and O–H groups in total.